The number of nitrogens with one attached hydrogen (secondary N) is 1. The van der Waals surface area contributed by atoms with Crippen molar-refractivity contribution >= 4 is 40.2 Å². The highest BCUT2D eigenvalue weighted by Gasteiger charge is 2.44. The minimum absolute atomic E-state index is 0.0730. The van der Waals surface area contributed by atoms with Gasteiger partial charge >= 0.3 is 18.3 Å². The van der Waals surface area contributed by atoms with Crippen LogP contribution in [0.2, 0.25) is 0 Å². The fourth-order valence-electron chi connectivity index (χ4n) is 3.04. The van der Waals surface area contributed by atoms with Crippen molar-refractivity contribution in [3.8, 4) is 0 Å². The third kappa shape index (κ3) is 5.48. The summed E-state index contributed by atoms with van der Waals surface area (Å²) in [4.78, 5) is 26.7. The smallest absolute Gasteiger partial charge is 0.453 e. The molecule has 14 heteroatoms. The highest BCUT2D eigenvalue weighted by atomic mass is 127. The van der Waals surface area contributed by atoms with E-state index < -0.39 is 42.4 Å². The third-order valence-corrected chi connectivity index (χ3v) is 5.42. The molecule has 0 aliphatic rings. The second-order valence-corrected chi connectivity index (χ2v) is 8.15. The third-order valence-electron chi connectivity index (χ3n) is 4.52. The summed E-state index contributed by atoms with van der Waals surface area (Å²) >= 11 is 1.81. The van der Waals surface area contributed by atoms with Crippen molar-refractivity contribution in [1.29, 1.82) is 0 Å². The summed E-state index contributed by atoms with van der Waals surface area (Å²) in [6.45, 7) is 0.854. The van der Waals surface area contributed by atoms with Crippen molar-refractivity contribution in [1.82, 2.24) is 14.8 Å². The molecule has 0 radical (unpaired) electrons. The Kier molecular flexibility index (Phi) is 6.91. The molecule has 34 heavy (non-hydrogen) atoms. The van der Waals surface area contributed by atoms with Crippen molar-refractivity contribution in [2.75, 3.05) is 5.32 Å². The van der Waals surface area contributed by atoms with Crippen LogP contribution in [0.4, 0.5) is 32.0 Å². The Morgan fingerprint density at radius 1 is 1.09 bits per heavy atom. The summed E-state index contributed by atoms with van der Waals surface area (Å²) in [7, 11) is 0. The number of hydrogen-bond acceptors (Lipinski definition) is 4. The highest BCUT2D eigenvalue weighted by molar-refractivity contribution is 14.1. The number of carboxylic acids is 1. The van der Waals surface area contributed by atoms with Gasteiger partial charge in [-0.15, -0.1) is 5.10 Å². The van der Waals surface area contributed by atoms with E-state index in [-0.39, 0.29) is 27.1 Å². The highest BCUT2D eigenvalue weighted by Crippen LogP contribution is 2.33. The van der Waals surface area contributed by atoms with Crippen LogP contribution in [0.5, 0.6) is 0 Å². The number of hydrogen-bond donors (Lipinski definition) is 2. The van der Waals surface area contributed by atoms with Gasteiger partial charge in [0.15, 0.2) is 0 Å². The van der Waals surface area contributed by atoms with Gasteiger partial charge in [0, 0.05) is 9.26 Å². The van der Waals surface area contributed by atoms with Gasteiger partial charge in [-0.3, -0.25) is 4.79 Å². The summed E-state index contributed by atoms with van der Waals surface area (Å²) in [6.07, 6.45) is -10.3. The van der Waals surface area contributed by atoms with Crippen LogP contribution in [0.3, 0.4) is 0 Å². The average molecular weight is 598 g/mol. The fraction of sp³-hybridized carbons (Fsp3) is 0.200. The number of aromatic nitrogens is 3. The fourth-order valence-corrected chi connectivity index (χ4v) is 3.78. The van der Waals surface area contributed by atoms with Crippen LogP contribution in [0.15, 0.2) is 36.4 Å². The first-order valence-corrected chi connectivity index (χ1v) is 10.3. The minimum Gasteiger partial charge on any atom is -0.478 e. The van der Waals surface area contributed by atoms with Gasteiger partial charge in [-0.25, -0.2) is 9.48 Å². The van der Waals surface area contributed by atoms with Crippen molar-refractivity contribution in [2.45, 2.75) is 25.8 Å². The Morgan fingerprint density at radius 2 is 1.76 bits per heavy atom. The number of nitrogens with zero attached hydrogens (tertiary/aromatic N) is 3. The maximum atomic E-state index is 13.1. The molecule has 0 bridgehead atoms. The molecule has 180 valence electrons. The van der Waals surface area contributed by atoms with Crippen LogP contribution in [0.25, 0.3) is 0 Å². The number of halogens is 7. The van der Waals surface area contributed by atoms with E-state index in [4.69, 9.17) is 0 Å². The van der Waals surface area contributed by atoms with E-state index in [1.54, 1.807) is 6.07 Å². The van der Waals surface area contributed by atoms with Crippen LogP contribution in [0, 0.1) is 10.5 Å². The Bertz CT molecular complexity index is 1270. The van der Waals surface area contributed by atoms with Gasteiger partial charge in [-0.2, -0.15) is 31.3 Å². The SMILES string of the molecule is Cc1cc(Cn2nc(C(F)(F)F)nc2C(F)(F)F)ccc1NC(=O)c1c(I)cccc1C(=O)O. The zero-order chi connectivity index (χ0) is 25.4. The first kappa shape index (κ1) is 25.5. The summed E-state index contributed by atoms with van der Waals surface area (Å²) in [5.74, 6) is -5.73. The Hall–Kier alpha value is -3.17. The predicted octanol–water partition coefficient (Wildman–Crippen LogP) is 5.23. The molecule has 0 unspecified atom stereocenters. The summed E-state index contributed by atoms with van der Waals surface area (Å²) in [5, 5.41) is 14.8. The van der Waals surface area contributed by atoms with Crippen LogP contribution >= 0.6 is 22.6 Å². The zero-order valence-electron chi connectivity index (χ0n) is 16.9. The van der Waals surface area contributed by atoms with E-state index in [9.17, 15) is 41.0 Å². The van der Waals surface area contributed by atoms with Gasteiger partial charge < -0.3 is 10.4 Å². The van der Waals surface area contributed by atoms with Crippen LogP contribution in [0.1, 0.15) is 43.5 Å². The number of anilines is 1. The summed E-state index contributed by atoms with van der Waals surface area (Å²) in [6, 6.07) is 8.29. The zero-order valence-corrected chi connectivity index (χ0v) is 19.1. The lowest BCUT2D eigenvalue weighted by atomic mass is 10.1. The molecule has 1 heterocycles. The van der Waals surface area contributed by atoms with E-state index in [2.05, 4.69) is 15.4 Å². The van der Waals surface area contributed by atoms with Crippen LogP contribution in [-0.2, 0) is 18.9 Å². The van der Waals surface area contributed by atoms with E-state index in [0.717, 1.165) is 0 Å². The lowest BCUT2D eigenvalue weighted by Gasteiger charge is -2.13. The number of alkyl halides is 6. The molecule has 1 aromatic heterocycles. The molecular weight excluding hydrogens is 585 g/mol. The molecule has 0 atom stereocenters. The maximum Gasteiger partial charge on any atom is 0.453 e. The van der Waals surface area contributed by atoms with Gasteiger partial charge in [0.2, 0.25) is 5.82 Å². The number of carbonyl (C=O) groups is 2. The maximum absolute atomic E-state index is 13.1. The Labute approximate surface area is 200 Å². The molecule has 3 aromatic rings. The van der Waals surface area contributed by atoms with Gasteiger partial charge in [-0.05, 0) is 58.8 Å². The molecule has 0 aliphatic carbocycles. The number of aryl methyl sites for hydroxylation is 1. The molecule has 3 rings (SSSR count). The van der Waals surface area contributed by atoms with Gasteiger partial charge in [-0.1, -0.05) is 18.2 Å². The van der Waals surface area contributed by atoms with Crippen LogP contribution in [-0.4, -0.2) is 31.7 Å². The molecule has 1 amide bonds. The predicted molar refractivity (Wildman–Crippen MR) is 114 cm³/mol. The van der Waals surface area contributed by atoms with Crippen molar-refractivity contribution in [3.05, 3.63) is 73.9 Å². The largest absolute Gasteiger partial charge is 0.478 e. The second-order valence-electron chi connectivity index (χ2n) is 6.98. The Morgan fingerprint density at radius 3 is 2.32 bits per heavy atom. The minimum atomic E-state index is -5.16. The molecule has 0 spiro atoms. The normalized spacial score (nSPS) is 12.0. The molecule has 0 fully saturated rings. The quantitative estimate of drug-likeness (QED) is 0.310. The molecule has 7 nitrogen and oxygen atoms in total. The molecule has 0 aliphatic heterocycles. The number of rotatable bonds is 5. The number of carbonyl (C=O) groups excluding carboxylic acids is 1. The summed E-state index contributed by atoms with van der Waals surface area (Å²) < 4.78 is 78.4. The molecular formula is C20H13F6IN4O3. The lowest BCUT2D eigenvalue weighted by molar-refractivity contribution is -0.150. The topological polar surface area (TPSA) is 97.1 Å². The number of aromatic carboxylic acids is 1. The van der Waals surface area contributed by atoms with Crippen molar-refractivity contribution in [3.63, 3.8) is 0 Å². The number of benzene rings is 2. The van der Waals surface area contributed by atoms with Gasteiger partial charge in [0.1, 0.15) is 0 Å². The monoisotopic (exact) mass is 598 g/mol. The second kappa shape index (κ2) is 9.23. The van der Waals surface area contributed by atoms with Crippen LogP contribution < -0.4 is 5.32 Å². The van der Waals surface area contributed by atoms with E-state index in [1.807, 2.05) is 22.6 Å². The lowest BCUT2D eigenvalue weighted by Crippen LogP contribution is -2.19. The van der Waals surface area contributed by atoms with E-state index >= 15 is 0 Å². The number of carboxylic acid groups (broad SMARTS) is 1. The summed E-state index contributed by atoms with van der Waals surface area (Å²) in [5.41, 5.74) is 0.482. The number of amides is 1. The Balaban J connectivity index is 1.88. The molecule has 2 N–H and O–H groups in total. The van der Waals surface area contributed by atoms with E-state index in [0.29, 0.717) is 9.13 Å². The van der Waals surface area contributed by atoms with Gasteiger partial charge in [0.25, 0.3) is 11.7 Å². The average Bonchev–Trinajstić information content (AvgIpc) is 3.14. The first-order valence-electron chi connectivity index (χ1n) is 9.20. The van der Waals surface area contributed by atoms with Crippen molar-refractivity contribution < 1.29 is 41.0 Å². The van der Waals surface area contributed by atoms with Crippen molar-refractivity contribution in [2.24, 2.45) is 0 Å². The standard InChI is InChI=1S/C20H13F6IN4O3/c1-9-7-10(8-31-18(20(24,25)26)29-17(30-31)19(21,22)23)5-6-13(9)28-15(32)14-11(16(33)34)3-2-4-12(14)27/h2-7H,8H2,1H3,(H,28,32)(H,33,34). The van der Waals surface area contributed by atoms with Gasteiger partial charge in [0.05, 0.1) is 17.7 Å². The molecule has 2 aromatic carbocycles. The molecule has 0 saturated heterocycles. The first-order chi connectivity index (χ1) is 15.7. The molecule has 0 saturated carbocycles. The van der Waals surface area contributed by atoms with E-state index in [1.165, 1.54) is 37.3 Å².